The lowest BCUT2D eigenvalue weighted by atomic mass is 10.2. The van der Waals surface area contributed by atoms with Gasteiger partial charge in [0.2, 0.25) is 0 Å². The van der Waals surface area contributed by atoms with E-state index in [-0.39, 0.29) is 0 Å². The number of hydrogen-bond acceptors (Lipinski definition) is 3. The number of unbranched alkanes of at least 4 members (excludes halogenated alkanes) is 1. The van der Waals surface area contributed by atoms with Crippen molar-refractivity contribution in [3.05, 3.63) is 28.8 Å². The minimum atomic E-state index is -3.09. The average Bonchev–Trinajstić information content (AvgIpc) is 2.39. The molecule has 5 heteroatoms. The van der Waals surface area contributed by atoms with Gasteiger partial charge in [0.1, 0.15) is 5.75 Å². The minimum Gasteiger partial charge on any atom is -0.424 e. The van der Waals surface area contributed by atoms with Crippen molar-refractivity contribution in [2.45, 2.75) is 40.5 Å². The molecule has 20 heavy (non-hydrogen) atoms. The van der Waals surface area contributed by atoms with Gasteiger partial charge in [-0.2, -0.15) is 0 Å². The maximum Gasteiger partial charge on any atom is 0.379 e. The van der Waals surface area contributed by atoms with Crippen LogP contribution in [0, 0.1) is 12.8 Å². The van der Waals surface area contributed by atoms with Gasteiger partial charge in [0, 0.05) is 5.02 Å². The number of rotatable bonds is 8. The fourth-order valence-corrected chi connectivity index (χ4v) is 3.64. The highest BCUT2D eigenvalue weighted by Gasteiger charge is 2.26. The molecule has 0 saturated carbocycles. The Morgan fingerprint density at radius 3 is 2.60 bits per heavy atom. The Balaban J connectivity index is 2.81. The predicted molar refractivity (Wildman–Crippen MR) is 85.0 cm³/mol. The molecule has 0 heterocycles. The fraction of sp³-hybridized carbons (Fsp3) is 0.600. The molecule has 0 aliphatic heterocycles. The monoisotopic (exact) mass is 318 g/mol. The summed E-state index contributed by atoms with van der Waals surface area (Å²) in [6, 6.07) is 5.27. The summed E-state index contributed by atoms with van der Waals surface area (Å²) in [4.78, 5) is 0. The van der Waals surface area contributed by atoms with Gasteiger partial charge in [0.15, 0.2) is 0 Å². The van der Waals surface area contributed by atoms with E-state index in [2.05, 4.69) is 6.92 Å². The molecular formula is C15H24ClO3P. The summed E-state index contributed by atoms with van der Waals surface area (Å²) in [5.41, 5.74) is 0.898. The van der Waals surface area contributed by atoms with Crippen LogP contribution in [0.25, 0.3) is 0 Å². The van der Waals surface area contributed by atoms with Crippen molar-refractivity contribution < 1.29 is 13.6 Å². The van der Waals surface area contributed by atoms with E-state index in [1.807, 2.05) is 20.8 Å². The number of hydrogen-bond donors (Lipinski definition) is 0. The van der Waals surface area contributed by atoms with E-state index in [1.165, 1.54) is 0 Å². The van der Waals surface area contributed by atoms with Crippen molar-refractivity contribution >= 4 is 19.2 Å². The highest BCUT2D eigenvalue weighted by Crippen LogP contribution is 2.49. The van der Waals surface area contributed by atoms with E-state index in [9.17, 15) is 4.57 Å². The lowest BCUT2D eigenvalue weighted by Gasteiger charge is -2.20. The van der Waals surface area contributed by atoms with E-state index < -0.39 is 7.60 Å². The van der Waals surface area contributed by atoms with Gasteiger partial charge in [-0.15, -0.1) is 0 Å². The van der Waals surface area contributed by atoms with Crippen LogP contribution in [0.15, 0.2) is 18.2 Å². The first-order valence-electron chi connectivity index (χ1n) is 7.05. The van der Waals surface area contributed by atoms with Crippen molar-refractivity contribution in [2.75, 3.05) is 12.8 Å². The zero-order chi connectivity index (χ0) is 15.2. The molecule has 1 unspecified atom stereocenters. The van der Waals surface area contributed by atoms with E-state index in [4.69, 9.17) is 20.6 Å². The summed E-state index contributed by atoms with van der Waals surface area (Å²) in [6.45, 7) is 8.43. The molecule has 0 bridgehead atoms. The average molecular weight is 319 g/mol. The second-order valence-corrected chi connectivity index (χ2v) is 7.90. The van der Waals surface area contributed by atoms with Gasteiger partial charge in [-0.25, -0.2) is 4.57 Å². The Kier molecular flexibility index (Phi) is 7.08. The Hall–Kier alpha value is -0.500. The Bertz CT molecular complexity index is 474. The molecule has 0 aliphatic carbocycles. The maximum absolute atomic E-state index is 12.8. The summed E-state index contributed by atoms with van der Waals surface area (Å²) >= 11 is 5.98. The van der Waals surface area contributed by atoms with Crippen LogP contribution in [0.2, 0.25) is 5.02 Å². The molecule has 0 amide bonds. The molecule has 1 rings (SSSR count). The second-order valence-electron chi connectivity index (χ2n) is 5.38. The summed E-state index contributed by atoms with van der Waals surface area (Å²) < 4.78 is 24.0. The zero-order valence-electron chi connectivity index (χ0n) is 12.7. The zero-order valence-corrected chi connectivity index (χ0v) is 14.3. The molecule has 1 aromatic rings. The van der Waals surface area contributed by atoms with Gasteiger partial charge in [-0.05, 0) is 43.0 Å². The molecule has 0 N–H and O–H groups in total. The highest BCUT2D eigenvalue weighted by atomic mass is 35.5. The molecule has 0 radical (unpaired) electrons. The molecular weight excluding hydrogens is 295 g/mol. The van der Waals surface area contributed by atoms with Crippen molar-refractivity contribution in [3.63, 3.8) is 0 Å². The Morgan fingerprint density at radius 1 is 1.35 bits per heavy atom. The fourth-order valence-electron chi connectivity index (χ4n) is 1.59. The van der Waals surface area contributed by atoms with E-state index in [1.54, 1.807) is 18.2 Å². The summed E-state index contributed by atoms with van der Waals surface area (Å²) in [6.07, 6.45) is 2.22. The summed E-state index contributed by atoms with van der Waals surface area (Å²) in [7, 11) is -3.09. The third-order valence-corrected chi connectivity index (χ3v) is 5.08. The van der Waals surface area contributed by atoms with E-state index in [0.29, 0.717) is 29.5 Å². The first-order chi connectivity index (χ1) is 9.36. The largest absolute Gasteiger partial charge is 0.424 e. The normalized spacial score (nSPS) is 14.3. The number of aryl methyl sites for hydroxylation is 1. The lowest BCUT2D eigenvalue weighted by molar-refractivity contribution is 0.233. The van der Waals surface area contributed by atoms with Gasteiger partial charge in [-0.3, -0.25) is 4.52 Å². The molecule has 114 valence electrons. The predicted octanol–water partition coefficient (Wildman–Crippen LogP) is 5.69. The van der Waals surface area contributed by atoms with E-state index in [0.717, 1.165) is 18.4 Å². The van der Waals surface area contributed by atoms with Gasteiger partial charge in [0.25, 0.3) is 0 Å². The van der Waals surface area contributed by atoms with Crippen LogP contribution >= 0.6 is 19.2 Å². The topological polar surface area (TPSA) is 35.5 Å². The van der Waals surface area contributed by atoms with Crippen LogP contribution in [0.3, 0.4) is 0 Å². The third kappa shape index (κ3) is 5.87. The van der Waals surface area contributed by atoms with Crippen LogP contribution in [0.4, 0.5) is 0 Å². The van der Waals surface area contributed by atoms with Crippen LogP contribution < -0.4 is 4.52 Å². The molecule has 1 aromatic carbocycles. The Labute approximate surface area is 127 Å². The first-order valence-corrected chi connectivity index (χ1v) is 9.16. The highest BCUT2D eigenvalue weighted by molar-refractivity contribution is 7.54. The van der Waals surface area contributed by atoms with Crippen LogP contribution in [-0.2, 0) is 9.09 Å². The lowest BCUT2D eigenvalue weighted by Crippen LogP contribution is -2.07. The number of benzene rings is 1. The standard InChI is InChI=1S/C15H24ClO3P/c1-5-6-9-20(17,18-11-12(2)3)19-14-7-8-15(16)13(4)10-14/h7-8,10,12H,5-6,9,11H2,1-4H3. The van der Waals surface area contributed by atoms with Gasteiger partial charge in [0.05, 0.1) is 12.8 Å². The molecule has 0 aromatic heterocycles. The summed E-state index contributed by atoms with van der Waals surface area (Å²) in [5.74, 6) is 0.871. The molecule has 0 saturated heterocycles. The molecule has 3 nitrogen and oxygen atoms in total. The smallest absolute Gasteiger partial charge is 0.379 e. The van der Waals surface area contributed by atoms with E-state index >= 15 is 0 Å². The molecule has 1 atom stereocenters. The number of halogens is 1. The van der Waals surface area contributed by atoms with Crippen LogP contribution in [-0.4, -0.2) is 12.8 Å². The quantitative estimate of drug-likeness (QED) is 0.577. The van der Waals surface area contributed by atoms with Crippen molar-refractivity contribution in [3.8, 4) is 5.75 Å². The molecule has 0 aliphatic rings. The Morgan fingerprint density at radius 2 is 2.05 bits per heavy atom. The van der Waals surface area contributed by atoms with Crippen LogP contribution in [0.5, 0.6) is 5.75 Å². The third-order valence-electron chi connectivity index (χ3n) is 2.76. The van der Waals surface area contributed by atoms with Crippen molar-refractivity contribution in [2.24, 2.45) is 5.92 Å². The van der Waals surface area contributed by atoms with Crippen molar-refractivity contribution in [1.82, 2.24) is 0 Å². The summed E-state index contributed by atoms with van der Waals surface area (Å²) in [5, 5.41) is 0.670. The second kappa shape index (κ2) is 8.07. The van der Waals surface area contributed by atoms with Gasteiger partial charge < -0.3 is 4.52 Å². The van der Waals surface area contributed by atoms with Gasteiger partial charge >= 0.3 is 7.60 Å². The van der Waals surface area contributed by atoms with Crippen LogP contribution in [0.1, 0.15) is 39.2 Å². The van der Waals surface area contributed by atoms with Gasteiger partial charge in [-0.1, -0.05) is 38.8 Å². The molecule has 0 spiro atoms. The molecule has 0 fully saturated rings. The first kappa shape index (κ1) is 17.6. The van der Waals surface area contributed by atoms with Crippen molar-refractivity contribution in [1.29, 1.82) is 0 Å². The minimum absolute atomic E-state index is 0.320. The SMILES string of the molecule is CCCCP(=O)(OCC(C)C)Oc1ccc(Cl)c(C)c1. The maximum atomic E-state index is 12.8.